The first-order valence-corrected chi connectivity index (χ1v) is 4.97. The van der Waals surface area contributed by atoms with E-state index in [9.17, 15) is 8.78 Å². The molecule has 5 heteroatoms. The minimum Gasteiger partial charge on any atom is -0.435 e. The molecular formula is C11H14ClF2NO. The fourth-order valence-corrected chi connectivity index (χ4v) is 1.60. The summed E-state index contributed by atoms with van der Waals surface area (Å²) in [5.74, 6) is 0.739. The summed E-state index contributed by atoms with van der Waals surface area (Å²) in [6.07, 6.45) is 2.33. The van der Waals surface area contributed by atoms with Crippen LogP contribution in [0.4, 0.5) is 8.78 Å². The van der Waals surface area contributed by atoms with Gasteiger partial charge in [0.15, 0.2) is 0 Å². The van der Waals surface area contributed by atoms with Crippen LogP contribution in [0.2, 0.25) is 0 Å². The lowest BCUT2D eigenvalue weighted by Gasteiger charge is -2.11. The van der Waals surface area contributed by atoms with E-state index in [1.807, 2.05) is 0 Å². The van der Waals surface area contributed by atoms with Crippen molar-refractivity contribution in [3.8, 4) is 5.75 Å². The van der Waals surface area contributed by atoms with Crippen LogP contribution in [0.1, 0.15) is 24.4 Å². The van der Waals surface area contributed by atoms with Gasteiger partial charge in [-0.3, -0.25) is 0 Å². The van der Waals surface area contributed by atoms with Crippen molar-refractivity contribution in [2.24, 2.45) is 11.7 Å². The van der Waals surface area contributed by atoms with Gasteiger partial charge in [-0.15, -0.1) is 12.4 Å². The number of alkyl halides is 2. The third-order valence-corrected chi connectivity index (χ3v) is 2.62. The Morgan fingerprint density at radius 3 is 2.19 bits per heavy atom. The van der Waals surface area contributed by atoms with Crippen LogP contribution in [0.25, 0.3) is 0 Å². The van der Waals surface area contributed by atoms with Crippen molar-refractivity contribution in [2.75, 3.05) is 0 Å². The van der Waals surface area contributed by atoms with Crippen molar-refractivity contribution in [3.05, 3.63) is 29.8 Å². The van der Waals surface area contributed by atoms with Crippen LogP contribution < -0.4 is 10.5 Å². The molecule has 1 saturated carbocycles. The molecule has 0 bridgehead atoms. The summed E-state index contributed by atoms with van der Waals surface area (Å²) in [4.78, 5) is 0. The standard InChI is InChI=1S/C11H13F2NO.ClH/c12-11(13)15-9-5-3-8(4-6-9)10(14)7-1-2-7;/h3-7,10-11H,1-2,14H2;1H/t10-;/m1./s1. The van der Waals surface area contributed by atoms with E-state index in [1.165, 1.54) is 12.1 Å². The van der Waals surface area contributed by atoms with E-state index in [2.05, 4.69) is 4.74 Å². The average molecular weight is 250 g/mol. The molecule has 1 aliphatic carbocycles. The molecule has 1 fully saturated rings. The zero-order chi connectivity index (χ0) is 10.8. The molecule has 0 saturated heterocycles. The number of rotatable bonds is 4. The van der Waals surface area contributed by atoms with Crippen LogP contribution in [-0.4, -0.2) is 6.61 Å². The Hall–Kier alpha value is -0.870. The van der Waals surface area contributed by atoms with Gasteiger partial charge in [-0.1, -0.05) is 12.1 Å². The summed E-state index contributed by atoms with van der Waals surface area (Å²) in [7, 11) is 0. The Balaban J connectivity index is 0.00000128. The highest BCUT2D eigenvalue weighted by molar-refractivity contribution is 5.85. The summed E-state index contributed by atoms with van der Waals surface area (Å²) in [5.41, 5.74) is 6.95. The Labute approximate surface area is 99.2 Å². The predicted molar refractivity (Wildman–Crippen MR) is 60.0 cm³/mol. The van der Waals surface area contributed by atoms with Crippen LogP contribution in [0.5, 0.6) is 5.75 Å². The maximum atomic E-state index is 11.9. The predicted octanol–water partition coefficient (Wildman–Crippen LogP) is 3.12. The van der Waals surface area contributed by atoms with Crippen LogP contribution in [0, 0.1) is 5.92 Å². The molecule has 0 amide bonds. The second-order valence-corrected chi connectivity index (χ2v) is 3.81. The lowest BCUT2D eigenvalue weighted by molar-refractivity contribution is -0.0498. The third kappa shape index (κ3) is 3.32. The SMILES string of the molecule is Cl.N[C@@H](c1ccc(OC(F)F)cc1)C1CC1. The topological polar surface area (TPSA) is 35.2 Å². The maximum Gasteiger partial charge on any atom is 0.387 e. The van der Waals surface area contributed by atoms with Crippen LogP contribution >= 0.6 is 12.4 Å². The number of benzene rings is 1. The molecule has 0 aliphatic heterocycles. The zero-order valence-corrected chi connectivity index (χ0v) is 9.42. The molecule has 0 heterocycles. The number of halogens is 3. The first kappa shape index (κ1) is 13.2. The molecule has 2 nitrogen and oxygen atoms in total. The van der Waals surface area contributed by atoms with Crippen molar-refractivity contribution >= 4 is 12.4 Å². The van der Waals surface area contributed by atoms with Gasteiger partial charge in [0.05, 0.1) is 0 Å². The van der Waals surface area contributed by atoms with Crippen LogP contribution in [-0.2, 0) is 0 Å². The van der Waals surface area contributed by atoms with Crippen molar-refractivity contribution in [1.29, 1.82) is 0 Å². The van der Waals surface area contributed by atoms with E-state index >= 15 is 0 Å². The van der Waals surface area contributed by atoms with E-state index < -0.39 is 6.61 Å². The van der Waals surface area contributed by atoms with Gasteiger partial charge in [0.2, 0.25) is 0 Å². The first-order chi connectivity index (χ1) is 7.16. The molecule has 0 spiro atoms. The highest BCUT2D eigenvalue weighted by atomic mass is 35.5. The third-order valence-electron chi connectivity index (χ3n) is 2.62. The van der Waals surface area contributed by atoms with Gasteiger partial charge < -0.3 is 10.5 Å². The summed E-state index contributed by atoms with van der Waals surface area (Å²) in [6.45, 7) is -2.77. The largest absolute Gasteiger partial charge is 0.435 e. The molecule has 1 aromatic rings. The molecule has 16 heavy (non-hydrogen) atoms. The zero-order valence-electron chi connectivity index (χ0n) is 8.61. The van der Waals surface area contributed by atoms with E-state index in [0.29, 0.717) is 5.92 Å². The highest BCUT2D eigenvalue weighted by Crippen LogP contribution is 2.39. The van der Waals surface area contributed by atoms with Crippen LogP contribution in [0.15, 0.2) is 24.3 Å². The number of hydrogen-bond donors (Lipinski definition) is 1. The van der Waals surface area contributed by atoms with Crippen molar-refractivity contribution < 1.29 is 13.5 Å². The summed E-state index contributed by atoms with van der Waals surface area (Å²) >= 11 is 0. The molecule has 0 unspecified atom stereocenters. The summed E-state index contributed by atoms with van der Waals surface area (Å²) in [6, 6.07) is 6.60. The molecule has 0 aromatic heterocycles. The number of hydrogen-bond acceptors (Lipinski definition) is 2. The summed E-state index contributed by atoms with van der Waals surface area (Å²) < 4.78 is 28.0. The van der Waals surface area contributed by atoms with Gasteiger partial charge in [0, 0.05) is 6.04 Å². The Bertz CT molecular complexity index is 327. The first-order valence-electron chi connectivity index (χ1n) is 4.97. The van der Waals surface area contributed by atoms with Crippen molar-refractivity contribution in [1.82, 2.24) is 0 Å². The lowest BCUT2D eigenvalue weighted by atomic mass is 10.0. The van der Waals surface area contributed by atoms with E-state index in [4.69, 9.17) is 5.73 Å². The van der Waals surface area contributed by atoms with Gasteiger partial charge >= 0.3 is 6.61 Å². The molecule has 90 valence electrons. The van der Waals surface area contributed by atoms with Gasteiger partial charge in [0.1, 0.15) is 5.75 Å². The maximum absolute atomic E-state index is 11.9. The monoisotopic (exact) mass is 249 g/mol. The Morgan fingerprint density at radius 1 is 1.19 bits per heavy atom. The fourth-order valence-electron chi connectivity index (χ4n) is 1.60. The van der Waals surface area contributed by atoms with Gasteiger partial charge in [-0.05, 0) is 36.5 Å². The molecule has 1 atom stereocenters. The summed E-state index contributed by atoms with van der Waals surface area (Å²) in [5, 5.41) is 0. The van der Waals surface area contributed by atoms with Crippen molar-refractivity contribution in [2.45, 2.75) is 25.5 Å². The normalized spacial score (nSPS) is 16.8. The minimum atomic E-state index is -2.77. The van der Waals surface area contributed by atoms with E-state index in [0.717, 1.165) is 18.4 Å². The molecule has 1 aromatic carbocycles. The smallest absolute Gasteiger partial charge is 0.387 e. The van der Waals surface area contributed by atoms with Crippen LogP contribution in [0.3, 0.4) is 0 Å². The second-order valence-electron chi connectivity index (χ2n) is 3.81. The molecule has 0 radical (unpaired) electrons. The van der Waals surface area contributed by atoms with Crippen molar-refractivity contribution in [3.63, 3.8) is 0 Å². The van der Waals surface area contributed by atoms with E-state index in [1.54, 1.807) is 12.1 Å². The lowest BCUT2D eigenvalue weighted by Crippen LogP contribution is -2.12. The quantitative estimate of drug-likeness (QED) is 0.890. The number of ether oxygens (including phenoxy) is 1. The minimum absolute atomic E-state index is 0. The van der Waals surface area contributed by atoms with E-state index in [-0.39, 0.29) is 24.2 Å². The molecule has 2 rings (SSSR count). The Morgan fingerprint density at radius 2 is 1.75 bits per heavy atom. The van der Waals surface area contributed by atoms with Gasteiger partial charge in [0.25, 0.3) is 0 Å². The molecule has 2 N–H and O–H groups in total. The average Bonchev–Trinajstić information content (AvgIpc) is 3.00. The molecule has 1 aliphatic rings. The second kappa shape index (κ2) is 5.46. The molecular weight excluding hydrogens is 236 g/mol. The number of nitrogens with two attached hydrogens (primary N) is 1. The van der Waals surface area contributed by atoms with Gasteiger partial charge in [-0.2, -0.15) is 8.78 Å². The van der Waals surface area contributed by atoms with Gasteiger partial charge in [-0.25, -0.2) is 0 Å². The highest BCUT2D eigenvalue weighted by Gasteiger charge is 2.29. The Kier molecular flexibility index (Phi) is 4.50. The fraction of sp³-hybridized carbons (Fsp3) is 0.455.